The van der Waals surface area contributed by atoms with Crippen molar-refractivity contribution in [2.75, 3.05) is 5.32 Å². The monoisotopic (exact) mass is 361 g/mol. The molecule has 2 aromatic rings. The Balaban J connectivity index is 2.19. The first-order chi connectivity index (χ1) is 12.3. The normalized spacial score (nSPS) is 11.7. The van der Waals surface area contributed by atoms with Gasteiger partial charge in [0.05, 0.1) is 17.4 Å². The molecule has 7 heteroatoms. The van der Waals surface area contributed by atoms with E-state index in [2.05, 4.69) is 5.32 Å². The fraction of sp³-hybridized carbons (Fsp3) is 0.263. The molecule has 0 spiro atoms. The third kappa shape index (κ3) is 4.95. The summed E-state index contributed by atoms with van der Waals surface area (Å²) in [4.78, 5) is 23.6. The zero-order valence-corrected chi connectivity index (χ0v) is 14.7. The number of carboxylic acid groups (broad SMARTS) is 1. The molecule has 0 saturated carbocycles. The molecule has 0 bridgehead atoms. The highest BCUT2D eigenvalue weighted by Crippen LogP contribution is 2.27. The van der Waals surface area contributed by atoms with Crippen LogP contribution in [-0.2, 0) is 4.79 Å². The largest absolute Gasteiger partial charge is 0.489 e. The standard InChI is InChI=1S/C19H20FNO5/c1-11(2)25-17-9-8-13(19(23)24)10-15(17)21-18(22)12(3)26-16-7-5-4-6-14(16)20/h4-12H,1-3H3,(H,21,22)(H,23,24). The van der Waals surface area contributed by atoms with Gasteiger partial charge in [-0.1, -0.05) is 12.1 Å². The van der Waals surface area contributed by atoms with Crippen LogP contribution in [0.3, 0.4) is 0 Å². The Bertz CT molecular complexity index is 806. The predicted molar refractivity (Wildman–Crippen MR) is 94.3 cm³/mol. The van der Waals surface area contributed by atoms with Crippen LogP contribution in [0.2, 0.25) is 0 Å². The number of benzene rings is 2. The first-order valence-electron chi connectivity index (χ1n) is 8.04. The molecule has 6 nitrogen and oxygen atoms in total. The van der Waals surface area contributed by atoms with E-state index >= 15 is 0 Å². The number of aromatic carboxylic acids is 1. The van der Waals surface area contributed by atoms with E-state index in [0.29, 0.717) is 5.75 Å². The fourth-order valence-corrected chi connectivity index (χ4v) is 2.14. The van der Waals surface area contributed by atoms with Gasteiger partial charge < -0.3 is 19.9 Å². The Morgan fingerprint density at radius 2 is 1.73 bits per heavy atom. The summed E-state index contributed by atoms with van der Waals surface area (Å²) < 4.78 is 24.6. The zero-order valence-electron chi connectivity index (χ0n) is 14.7. The van der Waals surface area contributed by atoms with E-state index in [1.807, 2.05) is 0 Å². The average molecular weight is 361 g/mol. The zero-order chi connectivity index (χ0) is 19.3. The molecule has 0 heterocycles. The number of nitrogens with one attached hydrogen (secondary N) is 1. The lowest BCUT2D eigenvalue weighted by atomic mass is 10.1. The van der Waals surface area contributed by atoms with E-state index in [0.717, 1.165) is 0 Å². The van der Waals surface area contributed by atoms with Crippen LogP contribution in [0, 0.1) is 5.82 Å². The molecular weight excluding hydrogens is 341 g/mol. The van der Waals surface area contributed by atoms with E-state index in [1.165, 1.54) is 43.3 Å². The molecular formula is C19H20FNO5. The van der Waals surface area contributed by atoms with Gasteiger partial charge in [-0.25, -0.2) is 9.18 Å². The number of rotatable bonds is 7. The summed E-state index contributed by atoms with van der Waals surface area (Å²) >= 11 is 0. The van der Waals surface area contributed by atoms with Crippen LogP contribution in [0.4, 0.5) is 10.1 Å². The summed E-state index contributed by atoms with van der Waals surface area (Å²) in [6.45, 7) is 5.08. The van der Waals surface area contributed by atoms with E-state index < -0.39 is 23.8 Å². The van der Waals surface area contributed by atoms with Crippen LogP contribution < -0.4 is 14.8 Å². The number of carbonyl (C=O) groups is 2. The number of hydrogen-bond donors (Lipinski definition) is 2. The van der Waals surface area contributed by atoms with Gasteiger partial charge in [0.25, 0.3) is 5.91 Å². The number of hydrogen-bond acceptors (Lipinski definition) is 4. The smallest absolute Gasteiger partial charge is 0.335 e. The van der Waals surface area contributed by atoms with Gasteiger partial charge in [0.2, 0.25) is 0 Å². The molecule has 138 valence electrons. The molecule has 1 atom stereocenters. The molecule has 0 aliphatic heterocycles. The van der Waals surface area contributed by atoms with Crippen LogP contribution in [0.25, 0.3) is 0 Å². The van der Waals surface area contributed by atoms with Crippen molar-refractivity contribution in [2.24, 2.45) is 0 Å². The average Bonchev–Trinajstić information content (AvgIpc) is 2.57. The molecule has 0 radical (unpaired) electrons. The number of anilines is 1. The number of carbonyl (C=O) groups excluding carboxylic acids is 1. The second-order valence-corrected chi connectivity index (χ2v) is 5.86. The number of ether oxygens (including phenoxy) is 2. The van der Waals surface area contributed by atoms with Gasteiger partial charge in [-0.05, 0) is 51.1 Å². The van der Waals surface area contributed by atoms with Gasteiger partial charge in [0.15, 0.2) is 17.7 Å². The maximum atomic E-state index is 13.6. The van der Waals surface area contributed by atoms with Crippen molar-refractivity contribution >= 4 is 17.6 Å². The van der Waals surface area contributed by atoms with Crippen molar-refractivity contribution in [3.63, 3.8) is 0 Å². The summed E-state index contributed by atoms with van der Waals surface area (Å²) in [5.74, 6) is -2.00. The number of halogens is 1. The van der Waals surface area contributed by atoms with E-state index in [1.54, 1.807) is 19.9 Å². The van der Waals surface area contributed by atoms with Crippen LogP contribution >= 0.6 is 0 Å². The van der Waals surface area contributed by atoms with Crippen molar-refractivity contribution < 1.29 is 28.6 Å². The molecule has 0 aliphatic carbocycles. The lowest BCUT2D eigenvalue weighted by Crippen LogP contribution is -2.30. The Hall–Kier alpha value is -3.09. The molecule has 2 N–H and O–H groups in total. The van der Waals surface area contributed by atoms with Crippen molar-refractivity contribution in [1.29, 1.82) is 0 Å². The van der Waals surface area contributed by atoms with E-state index in [-0.39, 0.29) is 23.1 Å². The lowest BCUT2D eigenvalue weighted by Gasteiger charge is -2.18. The molecule has 2 rings (SSSR count). The third-order valence-electron chi connectivity index (χ3n) is 3.36. The molecule has 0 saturated heterocycles. The van der Waals surface area contributed by atoms with Gasteiger partial charge in [-0.15, -0.1) is 0 Å². The van der Waals surface area contributed by atoms with Gasteiger partial charge in [0.1, 0.15) is 5.75 Å². The van der Waals surface area contributed by atoms with Gasteiger partial charge in [-0.2, -0.15) is 0 Å². The quantitative estimate of drug-likeness (QED) is 0.785. The van der Waals surface area contributed by atoms with Crippen molar-refractivity contribution in [3.8, 4) is 11.5 Å². The van der Waals surface area contributed by atoms with Gasteiger partial charge in [-0.3, -0.25) is 4.79 Å². The first-order valence-corrected chi connectivity index (χ1v) is 8.04. The minimum atomic E-state index is -1.13. The van der Waals surface area contributed by atoms with Crippen molar-refractivity contribution in [3.05, 3.63) is 53.8 Å². The SMILES string of the molecule is CC(C)Oc1ccc(C(=O)O)cc1NC(=O)C(C)Oc1ccccc1F. The van der Waals surface area contributed by atoms with Crippen LogP contribution in [-0.4, -0.2) is 29.2 Å². The number of amides is 1. The van der Waals surface area contributed by atoms with Gasteiger partial charge in [0, 0.05) is 0 Å². The van der Waals surface area contributed by atoms with E-state index in [4.69, 9.17) is 14.6 Å². The molecule has 2 aromatic carbocycles. The summed E-state index contributed by atoms with van der Waals surface area (Å²) in [6.07, 6.45) is -1.18. The van der Waals surface area contributed by atoms with E-state index in [9.17, 15) is 14.0 Å². The molecule has 0 aromatic heterocycles. The van der Waals surface area contributed by atoms with Crippen LogP contribution in [0.15, 0.2) is 42.5 Å². The van der Waals surface area contributed by atoms with Crippen molar-refractivity contribution in [1.82, 2.24) is 0 Å². The van der Waals surface area contributed by atoms with Crippen LogP contribution in [0.5, 0.6) is 11.5 Å². The topological polar surface area (TPSA) is 84.9 Å². The Morgan fingerprint density at radius 3 is 2.35 bits per heavy atom. The molecule has 1 amide bonds. The predicted octanol–water partition coefficient (Wildman–Crippen LogP) is 3.72. The summed E-state index contributed by atoms with van der Waals surface area (Å²) in [7, 11) is 0. The van der Waals surface area contributed by atoms with Crippen LogP contribution in [0.1, 0.15) is 31.1 Å². The highest BCUT2D eigenvalue weighted by Gasteiger charge is 2.19. The second-order valence-electron chi connectivity index (χ2n) is 5.86. The maximum Gasteiger partial charge on any atom is 0.335 e. The van der Waals surface area contributed by atoms with Crippen molar-refractivity contribution in [2.45, 2.75) is 33.0 Å². The summed E-state index contributed by atoms with van der Waals surface area (Å²) in [5.41, 5.74) is 0.201. The lowest BCUT2D eigenvalue weighted by molar-refractivity contribution is -0.122. The minimum Gasteiger partial charge on any atom is -0.489 e. The number of carboxylic acids is 1. The first kappa shape index (κ1) is 19.2. The molecule has 26 heavy (non-hydrogen) atoms. The Kier molecular flexibility index (Phi) is 6.16. The third-order valence-corrected chi connectivity index (χ3v) is 3.36. The molecule has 0 fully saturated rings. The second kappa shape index (κ2) is 8.33. The fourth-order valence-electron chi connectivity index (χ4n) is 2.14. The number of para-hydroxylation sites is 1. The summed E-state index contributed by atoms with van der Waals surface area (Å²) in [6, 6.07) is 9.90. The van der Waals surface area contributed by atoms with Gasteiger partial charge >= 0.3 is 5.97 Å². The molecule has 1 unspecified atom stereocenters. The maximum absolute atomic E-state index is 13.6. The Morgan fingerprint density at radius 1 is 1.04 bits per heavy atom. The highest BCUT2D eigenvalue weighted by molar-refractivity contribution is 5.97. The minimum absolute atomic E-state index is 0.000851. The summed E-state index contributed by atoms with van der Waals surface area (Å²) in [5, 5.41) is 11.7. The molecule has 0 aliphatic rings. The highest BCUT2D eigenvalue weighted by atomic mass is 19.1. The Labute approximate surface area is 150 Å².